The van der Waals surface area contributed by atoms with Gasteiger partial charge in [-0.1, -0.05) is 54.6 Å². The molecule has 30 heavy (non-hydrogen) atoms. The lowest BCUT2D eigenvalue weighted by Crippen LogP contribution is -2.45. The molecule has 3 aromatic rings. The average molecular weight is 412 g/mol. The number of nitrogens with one attached hydrogen (secondary N) is 2. The standard InChI is InChI=1S/C23H19F3N2O2/c24-23(25,26)18-12-7-13-19(15-18)27-22(30)20(14-16-8-3-1-4-9-16)28-21(29)17-10-5-2-6-11-17/h1-13,15,20H,14H2,(H,27,30)(H,28,29). The number of carbonyl (C=O) groups excluding carboxylic acids is 2. The molecular weight excluding hydrogens is 393 g/mol. The zero-order valence-electron chi connectivity index (χ0n) is 15.8. The van der Waals surface area contributed by atoms with E-state index in [2.05, 4.69) is 10.6 Å². The van der Waals surface area contributed by atoms with Crippen molar-refractivity contribution in [2.45, 2.75) is 18.6 Å². The van der Waals surface area contributed by atoms with E-state index in [1.807, 2.05) is 6.07 Å². The van der Waals surface area contributed by atoms with Crippen molar-refractivity contribution in [3.8, 4) is 0 Å². The summed E-state index contributed by atoms with van der Waals surface area (Å²) in [6, 6.07) is 20.8. The summed E-state index contributed by atoms with van der Waals surface area (Å²) in [5.74, 6) is -1.06. The number of anilines is 1. The van der Waals surface area contributed by atoms with E-state index in [0.29, 0.717) is 5.56 Å². The monoisotopic (exact) mass is 412 g/mol. The van der Waals surface area contributed by atoms with Gasteiger partial charge >= 0.3 is 6.18 Å². The van der Waals surface area contributed by atoms with E-state index in [1.165, 1.54) is 12.1 Å². The Bertz CT molecular complexity index is 1010. The van der Waals surface area contributed by atoms with Gasteiger partial charge in [0.2, 0.25) is 5.91 Å². The molecule has 4 nitrogen and oxygen atoms in total. The first-order valence-electron chi connectivity index (χ1n) is 9.21. The first kappa shape index (κ1) is 21.1. The van der Waals surface area contributed by atoms with Crippen LogP contribution in [0.4, 0.5) is 18.9 Å². The van der Waals surface area contributed by atoms with Gasteiger partial charge in [0, 0.05) is 17.7 Å². The summed E-state index contributed by atoms with van der Waals surface area (Å²) in [5.41, 5.74) is 0.313. The van der Waals surface area contributed by atoms with Crippen molar-refractivity contribution in [2.24, 2.45) is 0 Å². The van der Waals surface area contributed by atoms with Crippen molar-refractivity contribution in [1.82, 2.24) is 5.32 Å². The van der Waals surface area contributed by atoms with Gasteiger partial charge < -0.3 is 10.6 Å². The predicted molar refractivity (Wildman–Crippen MR) is 108 cm³/mol. The molecule has 0 aromatic heterocycles. The molecule has 1 unspecified atom stereocenters. The van der Waals surface area contributed by atoms with Gasteiger partial charge in [0.25, 0.3) is 5.91 Å². The maximum Gasteiger partial charge on any atom is 0.416 e. The number of hydrogen-bond acceptors (Lipinski definition) is 2. The summed E-state index contributed by atoms with van der Waals surface area (Å²) < 4.78 is 38.8. The molecule has 2 amide bonds. The molecular formula is C23H19F3N2O2. The molecule has 0 aliphatic heterocycles. The fraction of sp³-hybridized carbons (Fsp3) is 0.130. The zero-order valence-corrected chi connectivity index (χ0v) is 15.8. The van der Waals surface area contributed by atoms with Gasteiger partial charge in [0.15, 0.2) is 0 Å². The van der Waals surface area contributed by atoms with Crippen LogP contribution in [0.2, 0.25) is 0 Å². The Balaban J connectivity index is 1.80. The molecule has 0 fully saturated rings. The quantitative estimate of drug-likeness (QED) is 0.617. The van der Waals surface area contributed by atoms with E-state index in [4.69, 9.17) is 0 Å². The number of halogens is 3. The van der Waals surface area contributed by atoms with Crippen LogP contribution in [0, 0.1) is 0 Å². The lowest BCUT2D eigenvalue weighted by Gasteiger charge is -2.19. The smallest absolute Gasteiger partial charge is 0.340 e. The Morgan fingerprint density at radius 3 is 2.10 bits per heavy atom. The normalized spacial score (nSPS) is 12.1. The molecule has 0 aliphatic rings. The third kappa shape index (κ3) is 5.70. The Kier molecular flexibility index (Phi) is 6.51. The second-order valence-electron chi connectivity index (χ2n) is 6.65. The largest absolute Gasteiger partial charge is 0.416 e. The van der Waals surface area contributed by atoms with E-state index in [9.17, 15) is 22.8 Å². The molecule has 0 aliphatic carbocycles. The number of hydrogen-bond donors (Lipinski definition) is 2. The van der Waals surface area contributed by atoms with Crippen molar-refractivity contribution in [1.29, 1.82) is 0 Å². The summed E-state index contributed by atoms with van der Waals surface area (Å²) in [6.07, 6.45) is -4.34. The maximum absolute atomic E-state index is 12.9. The van der Waals surface area contributed by atoms with Crippen molar-refractivity contribution < 1.29 is 22.8 Å². The molecule has 2 N–H and O–H groups in total. The van der Waals surface area contributed by atoms with Crippen LogP contribution in [0.15, 0.2) is 84.9 Å². The zero-order chi connectivity index (χ0) is 21.6. The van der Waals surface area contributed by atoms with E-state index in [0.717, 1.165) is 17.7 Å². The predicted octanol–water partition coefficient (Wildman–Crippen LogP) is 4.69. The highest BCUT2D eigenvalue weighted by Crippen LogP contribution is 2.30. The summed E-state index contributed by atoms with van der Waals surface area (Å²) in [7, 11) is 0. The highest BCUT2D eigenvalue weighted by atomic mass is 19.4. The molecule has 1 atom stereocenters. The van der Waals surface area contributed by atoms with Crippen LogP contribution in [0.1, 0.15) is 21.5 Å². The molecule has 7 heteroatoms. The van der Waals surface area contributed by atoms with Crippen molar-refractivity contribution in [3.05, 3.63) is 102 Å². The fourth-order valence-electron chi connectivity index (χ4n) is 2.89. The molecule has 0 saturated heterocycles. The van der Waals surface area contributed by atoms with Crippen molar-refractivity contribution in [3.63, 3.8) is 0 Å². The van der Waals surface area contributed by atoms with E-state index in [1.54, 1.807) is 54.6 Å². The molecule has 3 rings (SSSR count). The Morgan fingerprint density at radius 2 is 1.47 bits per heavy atom. The maximum atomic E-state index is 12.9. The summed E-state index contributed by atoms with van der Waals surface area (Å²) in [6.45, 7) is 0. The molecule has 3 aromatic carbocycles. The second-order valence-corrected chi connectivity index (χ2v) is 6.65. The highest BCUT2D eigenvalue weighted by molar-refractivity contribution is 6.01. The fourth-order valence-corrected chi connectivity index (χ4v) is 2.89. The van der Waals surface area contributed by atoms with Gasteiger partial charge in [-0.05, 0) is 35.9 Å². The SMILES string of the molecule is O=C(NC(Cc1ccccc1)C(=O)Nc1cccc(C(F)(F)F)c1)c1ccccc1. The van der Waals surface area contributed by atoms with Crippen LogP contribution in [0.5, 0.6) is 0 Å². The van der Waals surface area contributed by atoms with Crippen LogP contribution in [-0.4, -0.2) is 17.9 Å². The summed E-state index contributed by atoms with van der Waals surface area (Å²) >= 11 is 0. The molecule has 0 spiro atoms. The summed E-state index contributed by atoms with van der Waals surface area (Å²) in [5, 5.41) is 5.15. The minimum atomic E-state index is -4.52. The van der Waals surface area contributed by atoms with Crippen LogP contribution in [0.3, 0.4) is 0 Å². The molecule has 0 heterocycles. The second kappa shape index (κ2) is 9.26. The summed E-state index contributed by atoms with van der Waals surface area (Å²) in [4.78, 5) is 25.4. The number of amides is 2. The Morgan fingerprint density at radius 1 is 0.833 bits per heavy atom. The van der Waals surface area contributed by atoms with Crippen LogP contribution in [-0.2, 0) is 17.4 Å². The molecule has 0 saturated carbocycles. The molecule has 154 valence electrons. The lowest BCUT2D eigenvalue weighted by molar-refractivity contribution is -0.137. The average Bonchev–Trinajstić information content (AvgIpc) is 2.74. The first-order valence-corrected chi connectivity index (χ1v) is 9.21. The van der Waals surface area contributed by atoms with Crippen molar-refractivity contribution in [2.75, 3.05) is 5.32 Å². The third-order valence-corrected chi connectivity index (χ3v) is 4.40. The van der Waals surface area contributed by atoms with Gasteiger partial charge in [-0.3, -0.25) is 9.59 Å². The van der Waals surface area contributed by atoms with E-state index < -0.39 is 29.6 Å². The minimum Gasteiger partial charge on any atom is -0.340 e. The Labute approximate surface area is 171 Å². The van der Waals surface area contributed by atoms with Crippen LogP contribution in [0.25, 0.3) is 0 Å². The van der Waals surface area contributed by atoms with Gasteiger partial charge in [-0.2, -0.15) is 13.2 Å². The topological polar surface area (TPSA) is 58.2 Å². The minimum absolute atomic E-state index is 0.00171. The number of alkyl halides is 3. The number of rotatable bonds is 6. The van der Waals surface area contributed by atoms with Crippen molar-refractivity contribution >= 4 is 17.5 Å². The van der Waals surface area contributed by atoms with Gasteiger partial charge in [-0.15, -0.1) is 0 Å². The lowest BCUT2D eigenvalue weighted by atomic mass is 10.0. The number of benzene rings is 3. The third-order valence-electron chi connectivity index (χ3n) is 4.40. The molecule has 0 radical (unpaired) electrons. The van der Waals surface area contributed by atoms with Gasteiger partial charge in [0.05, 0.1) is 5.56 Å². The van der Waals surface area contributed by atoms with Gasteiger partial charge in [0.1, 0.15) is 6.04 Å². The highest BCUT2D eigenvalue weighted by Gasteiger charge is 2.31. The van der Waals surface area contributed by atoms with Crippen LogP contribution < -0.4 is 10.6 Å². The molecule has 0 bridgehead atoms. The van der Waals surface area contributed by atoms with Gasteiger partial charge in [-0.25, -0.2) is 0 Å². The van der Waals surface area contributed by atoms with E-state index in [-0.39, 0.29) is 12.1 Å². The van der Waals surface area contributed by atoms with Crippen LogP contribution >= 0.6 is 0 Å². The number of carbonyl (C=O) groups is 2. The van der Waals surface area contributed by atoms with E-state index >= 15 is 0 Å². The first-order chi connectivity index (χ1) is 14.3. The Hall–Kier alpha value is -3.61.